The first-order valence-corrected chi connectivity index (χ1v) is 5.97. The molecule has 0 bridgehead atoms. The summed E-state index contributed by atoms with van der Waals surface area (Å²) >= 11 is 0. The molecule has 0 spiro atoms. The van der Waals surface area contributed by atoms with Gasteiger partial charge in [-0.15, -0.1) is 0 Å². The fraction of sp³-hybridized carbons (Fsp3) is 0.267. The van der Waals surface area contributed by atoms with Crippen molar-refractivity contribution in [1.29, 1.82) is 0 Å². The van der Waals surface area contributed by atoms with Gasteiger partial charge in [0, 0.05) is 19.3 Å². The lowest BCUT2D eigenvalue weighted by Crippen LogP contribution is -2.21. The highest BCUT2D eigenvalue weighted by atomic mass is 16.5. The van der Waals surface area contributed by atoms with Crippen LogP contribution in [0.4, 0.5) is 5.69 Å². The summed E-state index contributed by atoms with van der Waals surface area (Å²) in [5.41, 5.74) is 1.11. The zero-order chi connectivity index (χ0) is 13.0. The van der Waals surface area contributed by atoms with Crippen LogP contribution in [0.2, 0.25) is 0 Å². The second-order valence-electron chi connectivity index (χ2n) is 4.28. The number of methoxy groups -OCH3 is 1. The van der Waals surface area contributed by atoms with Gasteiger partial charge >= 0.3 is 5.97 Å². The molecule has 0 N–H and O–H groups in total. The number of hydrogen-bond donors (Lipinski definition) is 0. The number of carbonyl (C=O) groups is 1. The van der Waals surface area contributed by atoms with Gasteiger partial charge in [-0.25, -0.2) is 0 Å². The van der Waals surface area contributed by atoms with Crippen LogP contribution in [0.3, 0.4) is 0 Å². The van der Waals surface area contributed by atoms with E-state index in [0.717, 1.165) is 5.69 Å². The Morgan fingerprint density at radius 1 is 1.17 bits per heavy atom. The fourth-order valence-corrected chi connectivity index (χ4v) is 1.90. The van der Waals surface area contributed by atoms with Crippen molar-refractivity contribution in [2.24, 2.45) is 0 Å². The van der Waals surface area contributed by atoms with Crippen LogP contribution in [0, 0.1) is 0 Å². The summed E-state index contributed by atoms with van der Waals surface area (Å²) in [6, 6.07) is 14.5. The number of anilines is 1. The van der Waals surface area contributed by atoms with Gasteiger partial charge in [0.1, 0.15) is 0 Å². The molecule has 94 valence electrons. The molecule has 0 heterocycles. The standard InChI is InChI=1S/C15H17NO2/c1-16(10-9-15(17)18-2)14-8-7-12-5-3-4-6-13(12)11-14/h3-8,11H,9-10H2,1-2H3. The molecule has 2 rings (SSSR count). The molecule has 0 fully saturated rings. The Balaban J connectivity index is 2.12. The molecule has 0 aliphatic heterocycles. The molecular weight excluding hydrogens is 226 g/mol. The first kappa shape index (κ1) is 12.4. The van der Waals surface area contributed by atoms with Gasteiger partial charge in [-0.1, -0.05) is 30.3 Å². The Bertz CT molecular complexity index is 551. The topological polar surface area (TPSA) is 29.5 Å². The molecule has 3 nitrogen and oxygen atoms in total. The van der Waals surface area contributed by atoms with Gasteiger partial charge in [-0.3, -0.25) is 4.79 Å². The van der Waals surface area contributed by atoms with Crippen molar-refractivity contribution in [3.63, 3.8) is 0 Å². The van der Waals surface area contributed by atoms with Crippen LogP contribution in [0.15, 0.2) is 42.5 Å². The molecule has 2 aromatic rings. The van der Waals surface area contributed by atoms with Crippen LogP contribution < -0.4 is 4.90 Å². The van der Waals surface area contributed by atoms with Crippen molar-refractivity contribution >= 4 is 22.4 Å². The molecule has 2 aromatic carbocycles. The maximum atomic E-state index is 11.1. The lowest BCUT2D eigenvalue weighted by atomic mass is 10.1. The van der Waals surface area contributed by atoms with Gasteiger partial charge in [-0.2, -0.15) is 0 Å². The fourth-order valence-electron chi connectivity index (χ4n) is 1.90. The van der Waals surface area contributed by atoms with Crippen LogP contribution >= 0.6 is 0 Å². The third-order valence-corrected chi connectivity index (χ3v) is 3.05. The van der Waals surface area contributed by atoms with Crippen molar-refractivity contribution in [2.45, 2.75) is 6.42 Å². The van der Waals surface area contributed by atoms with E-state index < -0.39 is 0 Å². The van der Waals surface area contributed by atoms with Crippen molar-refractivity contribution in [2.75, 3.05) is 25.6 Å². The van der Waals surface area contributed by atoms with Crippen LogP contribution in [0.5, 0.6) is 0 Å². The molecule has 0 saturated heterocycles. The minimum absolute atomic E-state index is 0.178. The highest BCUT2D eigenvalue weighted by Gasteiger charge is 2.05. The molecule has 0 atom stereocenters. The molecular formula is C15H17NO2. The van der Waals surface area contributed by atoms with E-state index in [1.54, 1.807) is 0 Å². The number of fused-ring (bicyclic) bond motifs is 1. The van der Waals surface area contributed by atoms with Crippen LogP contribution in [0.1, 0.15) is 6.42 Å². The summed E-state index contributed by atoms with van der Waals surface area (Å²) in [5, 5.41) is 2.43. The molecule has 0 radical (unpaired) electrons. The minimum Gasteiger partial charge on any atom is -0.469 e. The summed E-state index contributed by atoms with van der Waals surface area (Å²) in [5.74, 6) is -0.178. The monoisotopic (exact) mass is 243 g/mol. The Kier molecular flexibility index (Phi) is 3.82. The zero-order valence-corrected chi connectivity index (χ0v) is 10.7. The van der Waals surface area contributed by atoms with E-state index in [1.165, 1.54) is 17.9 Å². The number of carbonyl (C=O) groups excluding carboxylic acids is 1. The second kappa shape index (κ2) is 5.54. The highest BCUT2D eigenvalue weighted by molar-refractivity contribution is 5.85. The van der Waals surface area contributed by atoms with Crippen molar-refractivity contribution in [3.8, 4) is 0 Å². The van der Waals surface area contributed by atoms with Crippen LogP contribution in [-0.4, -0.2) is 26.7 Å². The van der Waals surface area contributed by atoms with Gasteiger partial charge in [0.25, 0.3) is 0 Å². The molecule has 18 heavy (non-hydrogen) atoms. The van der Waals surface area contributed by atoms with Crippen molar-refractivity contribution < 1.29 is 9.53 Å². The summed E-state index contributed by atoms with van der Waals surface area (Å²) in [7, 11) is 3.39. The van der Waals surface area contributed by atoms with Crippen LogP contribution in [0.25, 0.3) is 10.8 Å². The first-order chi connectivity index (χ1) is 8.70. The Morgan fingerprint density at radius 2 is 1.89 bits per heavy atom. The van der Waals surface area contributed by atoms with E-state index in [9.17, 15) is 4.79 Å². The molecule has 0 aliphatic rings. The second-order valence-corrected chi connectivity index (χ2v) is 4.28. The van der Waals surface area contributed by atoms with E-state index in [4.69, 9.17) is 0 Å². The van der Waals surface area contributed by atoms with Gasteiger partial charge in [-0.05, 0) is 22.9 Å². The number of rotatable bonds is 4. The molecule has 0 aromatic heterocycles. The van der Waals surface area contributed by atoms with E-state index in [0.29, 0.717) is 13.0 Å². The zero-order valence-electron chi connectivity index (χ0n) is 10.7. The van der Waals surface area contributed by atoms with Gasteiger partial charge < -0.3 is 9.64 Å². The summed E-state index contributed by atoms with van der Waals surface area (Å²) in [6.45, 7) is 0.658. The third kappa shape index (κ3) is 2.80. The van der Waals surface area contributed by atoms with E-state index >= 15 is 0 Å². The number of hydrogen-bond acceptors (Lipinski definition) is 3. The van der Waals surface area contributed by atoms with Crippen molar-refractivity contribution in [1.82, 2.24) is 0 Å². The molecule has 3 heteroatoms. The van der Waals surface area contributed by atoms with Gasteiger partial charge in [0.15, 0.2) is 0 Å². The van der Waals surface area contributed by atoms with E-state index in [-0.39, 0.29) is 5.97 Å². The molecule has 0 aliphatic carbocycles. The highest BCUT2D eigenvalue weighted by Crippen LogP contribution is 2.21. The minimum atomic E-state index is -0.178. The molecule has 0 amide bonds. The van der Waals surface area contributed by atoms with Gasteiger partial charge in [0.2, 0.25) is 0 Å². The smallest absolute Gasteiger partial charge is 0.307 e. The Morgan fingerprint density at radius 3 is 2.61 bits per heavy atom. The average Bonchev–Trinajstić information content (AvgIpc) is 2.43. The average molecular weight is 243 g/mol. The summed E-state index contributed by atoms with van der Waals surface area (Å²) in [4.78, 5) is 13.2. The summed E-state index contributed by atoms with van der Waals surface area (Å²) < 4.78 is 4.64. The van der Waals surface area contributed by atoms with E-state index in [2.05, 4.69) is 40.0 Å². The maximum Gasteiger partial charge on any atom is 0.307 e. The molecule has 0 unspecified atom stereocenters. The lowest BCUT2D eigenvalue weighted by Gasteiger charge is -2.19. The van der Waals surface area contributed by atoms with Crippen molar-refractivity contribution in [3.05, 3.63) is 42.5 Å². The summed E-state index contributed by atoms with van der Waals surface area (Å²) in [6.07, 6.45) is 0.403. The lowest BCUT2D eigenvalue weighted by molar-refractivity contribution is -0.140. The number of benzene rings is 2. The Labute approximate surface area is 107 Å². The van der Waals surface area contributed by atoms with E-state index in [1.807, 2.05) is 19.2 Å². The SMILES string of the molecule is COC(=O)CCN(C)c1ccc2ccccc2c1. The van der Waals surface area contributed by atoms with Gasteiger partial charge in [0.05, 0.1) is 13.5 Å². The predicted octanol–water partition coefficient (Wildman–Crippen LogP) is 2.84. The quantitative estimate of drug-likeness (QED) is 0.773. The number of nitrogens with zero attached hydrogens (tertiary/aromatic N) is 1. The third-order valence-electron chi connectivity index (χ3n) is 3.05. The predicted molar refractivity (Wildman–Crippen MR) is 73.9 cm³/mol. The van der Waals surface area contributed by atoms with Crippen LogP contribution in [-0.2, 0) is 9.53 Å². The number of esters is 1. The first-order valence-electron chi connectivity index (χ1n) is 5.97. The number of ether oxygens (including phenoxy) is 1. The largest absolute Gasteiger partial charge is 0.469 e. The Hall–Kier alpha value is -2.03. The maximum absolute atomic E-state index is 11.1. The molecule has 0 saturated carbocycles. The normalized spacial score (nSPS) is 10.3.